The summed E-state index contributed by atoms with van der Waals surface area (Å²) in [5.41, 5.74) is 5.12. The third kappa shape index (κ3) is 3.11. The van der Waals surface area contributed by atoms with Crippen LogP contribution in [0.4, 0.5) is 11.4 Å². The molecule has 0 bridgehead atoms. The van der Waals surface area contributed by atoms with Gasteiger partial charge in [-0.2, -0.15) is 0 Å². The van der Waals surface area contributed by atoms with Gasteiger partial charge in [-0.25, -0.2) is 4.98 Å². The molecule has 0 N–H and O–H groups in total. The Morgan fingerprint density at radius 1 is 0.926 bits per heavy atom. The molecule has 4 heteroatoms. The molecular weight excluding hydrogens is 350 g/mol. The number of likely N-dealkylation sites (N-methyl/N-ethyl adjacent to an activating group) is 1. The second kappa shape index (κ2) is 6.80. The van der Waals surface area contributed by atoms with Crippen LogP contribution in [0.1, 0.15) is 5.56 Å². The summed E-state index contributed by atoms with van der Waals surface area (Å²) in [5.74, 6) is 0. The molecule has 2 heterocycles. The number of anilines is 2. The van der Waals surface area contributed by atoms with Crippen LogP contribution in [-0.2, 0) is 6.54 Å². The second-order valence-electron chi connectivity index (χ2n) is 7.10. The quantitative estimate of drug-likeness (QED) is 0.461. The van der Waals surface area contributed by atoms with Crippen LogP contribution < -0.4 is 4.90 Å². The van der Waals surface area contributed by atoms with Crippen molar-refractivity contribution in [2.24, 2.45) is 0 Å². The van der Waals surface area contributed by atoms with Crippen molar-refractivity contribution in [3.8, 4) is 10.6 Å². The second-order valence-corrected chi connectivity index (χ2v) is 8.00. The lowest BCUT2D eigenvalue weighted by atomic mass is 10.1. The van der Waals surface area contributed by atoms with Gasteiger partial charge in [0.1, 0.15) is 5.01 Å². The first-order valence-electron chi connectivity index (χ1n) is 9.26. The van der Waals surface area contributed by atoms with E-state index in [0.717, 1.165) is 24.6 Å². The third-order valence-corrected chi connectivity index (χ3v) is 6.06. The van der Waals surface area contributed by atoms with E-state index in [1.165, 1.54) is 33.3 Å². The van der Waals surface area contributed by atoms with E-state index in [1.807, 2.05) is 11.6 Å². The first-order chi connectivity index (χ1) is 13.3. The van der Waals surface area contributed by atoms with E-state index in [1.54, 1.807) is 11.3 Å². The Hall–Kier alpha value is -2.69. The number of rotatable bonds is 2. The number of thiazole rings is 1. The molecule has 0 aliphatic carbocycles. The van der Waals surface area contributed by atoms with Gasteiger partial charge in [0, 0.05) is 48.1 Å². The SMILES string of the molecule is CN1CCN(c2ccc3ccccc3c2)c2ccc(-c3nccs3)cc2C1. The number of hydrogen-bond acceptors (Lipinski definition) is 4. The largest absolute Gasteiger partial charge is 0.340 e. The lowest BCUT2D eigenvalue weighted by molar-refractivity contribution is 0.343. The standard InChI is InChI=1S/C23H21N3S/c1-25-11-12-26(21-8-6-17-4-2-3-5-18(17)15-21)22-9-7-19(14-20(22)16-25)23-24-10-13-27-23/h2-10,13-15H,11-12,16H2,1H3. The van der Waals surface area contributed by atoms with Crippen LogP contribution in [0.15, 0.2) is 72.2 Å². The summed E-state index contributed by atoms with van der Waals surface area (Å²) in [4.78, 5) is 9.33. The molecule has 5 rings (SSSR count). The summed E-state index contributed by atoms with van der Waals surface area (Å²) in [5, 5.41) is 5.69. The van der Waals surface area contributed by atoms with E-state index in [0.29, 0.717) is 0 Å². The molecule has 134 valence electrons. The molecule has 0 radical (unpaired) electrons. The van der Waals surface area contributed by atoms with E-state index in [-0.39, 0.29) is 0 Å². The van der Waals surface area contributed by atoms with Gasteiger partial charge in [-0.15, -0.1) is 11.3 Å². The Balaban J connectivity index is 1.61. The van der Waals surface area contributed by atoms with Crippen molar-refractivity contribution in [3.63, 3.8) is 0 Å². The van der Waals surface area contributed by atoms with Crippen molar-refractivity contribution in [3.05, 3.63) is 77.8 Å². The molecule has 4 aromatic rings. The minimum absolute atomic E-state index is 0.957. The first kappa shape index (κ1) is 16.5. The number of aromatic nitrogens is 1. The first-order valence-corrected chi connectivity index (χ1v) is 10.1. The topological polar surface area (TPSA) is 19.4 Å². The average Bonchev–Trinajstić information content (AvgIpc) is 3.18. The Morgan fingerprint density at radius 2 is 1.81 bits per heavy atom. The van der Waals surface area contributed by atoms with Gasteiger partial charge in [-0.05, 0) is 53.7 Å². The molecule has 0 atom stereocenters. The predicted molar refractivity (Wildman–Crippen MR) is 115 cm³/mol. The molecule has 1 aromatic heterocycles. The zero-order valence-electron chi connectivity index (χ0n) is 15.3. The molecule has 0 spiro atoms. The number of benzene rings is 3. The highest BCUT2D eigenvalue weighted by Crippen LogP contribution is 2.35. The smallest absolute Gasteiger partial charge is 0.123 e. The zero-order valence-corrected chi connectivity index (χ0v) is 16.1. The Bertz CT molecular complexity index is 1090. The van der Waals surface area contributed by atoms with Gasteiger partial charge >= 0.3 is 0 Å². The monoisotopic (exact) mass is 371 g/mol. The van der Waals surface area contributed by atoms with Gasteiger partial charge in [0.15, 0.2) is 0 Å². The van der Waals surface area contributed by atoms with Crippen molar-refractivity contribution in [2.45, 2.75) is 6.54 Å². The summed E-state index contributed by atoms with van der Waals surface area (Å²) in [6.45, 7) is 2.98. The Morgan fingerprint density at radius 3 is 2.67 bits per heavy atom. The van der Waals surface area contributed by atoms with Crippen molar-refractivity contribution in [1.82, 2.24) is 9.88 Å². The molecule has 1 aliphatic rings. The van der Waals surface area contributed by atoms with E-state index in [4.69, 9.17) is 0 Å². The minimum atomic E-state index is 0.957. The summed E-state index contributed by atoms with van der Waals surface area (Å²) in [6, 6.07) is 22.1. The fraction of sp³-hybridized carbons (Fsp3) is 0.174. The van der Waals surface area contributed by atoms with Crippen molar-refractivity contribution in [2.75, 3.05) is 25.0 Å². The van der Waals surface area contributed by atoms with Crippen LogP contribution in [0.3, 0.4) is 0 Å². The van der Waals surface area contributed by atoms with Crippen LogP contribution in [0.25, 0.3) is 21.3 Å². The molecule has 0 unspecified atom stereocenters. The summed E-state index contributed by atoms with van der Waals surface area (Å²) in [7, 11) is 2.20. The molecule has 3 nitrogen and oxygen atoms in total. The lowest BCUT2D eigenvalue weighted by Gasteiger charge is -2.25. The molecule has 0 saturated heterocycles. The molecule has 0 amide bonds. The summed E-state index contributed by atoms with van der Waals surface area (Å²) >= 11 is 1.69. The predicted octanol–water partition coefficient (Wildman–Crippen LogP) is 5.55. The molecule has 0 saturated carbocycles. The van der Waals surface area contributed by atoms with E-state index < -0.39 is 0 Å². The van der Waals surface area contributed by atoms with Crippen LogP contribution in [-0.4, -0.2) is 30.0 Å². The molecule has 27 heavy (non-hydrogen) atoms. The van der Waals surface area contributed by atoms with Gasteiger partial charge in [-0.1, -0.05) is 30.3 Å². The molecule has 1 aliphatic heterocycles. The maximum atomic E-state index is 4.48. The van der Waals surface area contributed by atoms with Gasteiger partial charge < -0.3 is 9.80 Å². The number of nitrogens with zero attached hydrogens (tertiary/aromatic N) is 3. The number of hydrogen-bond donors (Lipinski definition) is 0. The molecule has 0 fully saturated rings. The fourth-order valence-corrected chi connectivity index (χ4v) is 4.48. The fourth-order valence-electron chi connectivity index (χ4n) is 3.85. The van der Waals surface area contributed by atoms with Crippen LogP contribution in [0, 0.1) is 0 Å². The highest BCUT2D eigenvalue weighted by atomic mass is 32.1. The Labute approximate surface area is 163 Å². The lowest BCUT2D eigenvalue weighted by Crippen LogP contribution is -2.26. The maximum Gasteiger partial charge on any atom is 0.123 e. The van der Waals surface area contributed by atoms with E-state index >= 15 is 0 Å². The molecule has 3 aromatic carbocycles. The highest BCUT2D eigenvalue weighted by molar-refractivity contribution is 7.13. The normalized spacial score (nSPS) is 14.9. The summed E-state index contributed by atoms with van der Waals surface area (Å²) < 4.78 is 0. The average molecular weight is 372 g/mol. The van der Waals surface area contributed by atoms with Gasteiger partial charge in [0.05, 0.1) is 0 Å². The van der Waals surface area contributed by atoms with Gasteiger partial charge in [0.25, 0.3) is 0 Å². The maximum absolute atomic E-state index is 4.48. The minimum Gasteiger partial charge on any atom is -0.340 e. The van der Waals surface area contributed by atoms with E-state index in [2.05, 4.69) is 82.5 Å². The Kier molecular flexibility index (Phi) is 4.15. The van der Waals surface area contributed by atoms with Gasteiger partial charge in [0.2, 0.25) is 0 Å². The molecular formula is C23H21N3S. The van der Waals surface area contributed by atoms with Crippen LogP contribution >= 0.6 is 11.3 Å². The van der Waals surface area contributed by atoms with Crippen LogP contribution in [0.2, 0.25) is 0 Å². The van der Waals surface area contributed by atoms with Crippen LogP contribution in [0.5, 0.6) is 0 Å². The summed E-state index contributed by atoms with van der Waals surface area (Å²) in [6.07, 6.45) is 1.87. The van der Waals surface area contributed by atoms with Crippen molar-refractivity contribution < 1.29 is 0 Å². The third-order valence-electron chi connectivity index (χ3n) is 5.24. The van der Waals surface area contributed by atoms with Crippen molar-refractivity contribution in [1.29, 1.82) is 0 Å². The van der Waals surface area contributed by atoms with E-state index in [9.17, 15) is 0 Å². The highest BCUT2D eigenvalue weighted by Gasteiger charge is 2.20. The zero-order chi connectivity index (χ0) is 18.2. The van der Waals surface area contributed by atoms with Gasteiger partial charge in [-0.3, -0.25) is 0 Å². The van der Waals surface area contributed by atoms with Crippen molar-refractivity contribution >= 4 is 33.5 Å². The number of fused-ring (bicyclic) bond motifs is 2.